The van der Waals surface area contributed by atoms with E-state index in [1.165, 1.54) is 6.20 Å². The number of rotatable bonds is 4. The number of carbonyl (C=O) groups is 1. The van der Waals surface area contributed by atoms with Crippen LogP contribution >= 0.6 is 0 Å². The Kier molecular flexibility index (Phi) is 2.95. The molecule has 1 aliphatic carbocycles. The van der Waals surface area contributed by atoms with Gasteiger partial charge in [-0.1, -0.05) is 30.3 Å². The molecular weight excluding hydrogens is 240 g/mol. The fourth-order valence-corrected chi connectivity index (χ4v) is 2.14. The Bertz CT molecular complexity index is 574. The van der Waals surface area contributed by atoms with Crippen LogP contribution in [0.5, 0.6) is 0 Å². The first-order valence-electron chi connectivity index (χ1n) is 6.39. The lowest BCUT2D eigenvalue weighted by Crippen LogP contribution is -2.33. The zero-order chi connectivity index (χ0) is 13.2. The van der Waals surface area contributed by atoms with E-state index in [9.17, 15) is 4.79 Å². The van der Waals surface area contributed by atoms with E-state index < -0.39 is 0 Å². The fourth-order valence-electron chi connectivity index (χ4n) is 2.14. The van der Waals surface area contributed by atoms with E-state index in [4.69, 9.17) is 5.73 Å². The van der Waals surface area contributed by atoms with Crippen molar-refractivity contribution < 1.29 is 4.79 Å². The van der Waals surface area contributed by atoms with Crippen molar-refractivity contribution in [2.45, 2.75) is 25.4 Å². The van der Waals surface area contributed by atoms with Crippen LogP contribution in [0.1, 0.15) is 28.9 Å². The number of benzene rings is 1. The molecule has 3 rings (SSSR count). The summed E-state index contributed by atoms with van der Waals surface area (Å²) in [6.07, 6.45) is 3.60. The van der Waals surface area contributed by atoms with Crippen molar-refractivity contribution in [3.63, 3.8) is 0 Å². The Morgan fingerprint density at radius 2 is 2.11 bits per heavy atom. The highest BCUT2D eigenvalue weighted by molar-refractivity contribution is 5.97. The van der Waals surface area contributed by atoms with Crippen molar-refractivity contribution in [1.82, 2.24) is 15.1 Å². The molecule has 0 spiro atoms. The summed E-state index contributed by atoms with van der Waals surface area (Å²) in [5.41, 5.74) is 7.68. The van der Waals surface area contributed by atoms with Crippen molar-refractivity contribution >= 4 is 11.6 Å². The average molecular weight is 256 g/mol. The highest BCUT2D eigenvalue weighted by atomic mass is 16.2. The van der Waals surface area contributed by atoms with Crippen LogP contribution in [-0.2, 0) is 6.54 Å². The molecule has 3 N–H and O–H groups in total. The van der Waals surface area contributed by atoms with E-state index in [1.807, 2.05) is 35.2 Å². The minimum Gasteiger partial charge on any atom is -0.396 e. The maximum Gasteiger partial charge on any atom is 0.274 e. The Labute approximate surface area is 111 Å². The zero-order valence-electron chi connectivity index (χ0n) is 10.5. The molecule has 5 nitrogen and oxygen atoms in total. The first kappa shape index (κ1) is 11.8. The highest BCUT2D eigenvalue weighted by Crippen LogP contribution is 2.30. The summed E-state index contributed by atoms with van der Waals surface area (Å²) < 4.78 is 0. The minimum atomic E-state index is -0.0682. The molecule has 1 aliphatic rings. The molecule has 1 amide bonds. The number of aromatic amines is 1. The largest absolute Gasteiger partial charge is 0.396 e. The first-order chi connectivity index (χ1) is 9.25. The van der Waals surface area contributed by atoms with E-state index in [1.54, 1.807) is 0 Å². The zero-order valence-corrected chi connectivity index (χ0v) is 10.5. The molecule has 19 heavy (non-hydrogen) atoms. The van der Waals surface area contributed by atoms with Crippen LogP contribution in [0.3, 0.4) is 0 Å². The van der Waals surface area contributed by atoms with Gasteiger partial charge in [-0.05, 0) is 18.4 Å². The number of hydrogen-bond donors (Lipinski definition) is 2. The summed E-state index contributed by atoms with van der Waals surface area (Å²) in [7, 11) is 0. The average Bonchev–Trinajstić information content (AvgIpc) is 3.18. The van der Waals surface area contributed by atoms with Crippen LogP contribution < -0.4 is 5.73 Å². The van der Waals surface area contributed by atoms with E-state index in [0.29, 0.717) is 24.0 Å². The molecule has 0 unspecified atom stereocenters. The monoisotopic (exact) mass is 256 g/mol. The molecule has 0 aliphatic heterocycles. The van der Waals surface area contributed by atoms with E-state index in [0.717, 1.165) is 18.4 Å². The van der Waals surface area contributed by atoms with Gasteiger partial charge in [0.15, 0.2) is 0 Å². The van der Waals surface area contributed by atoms with Crippen molar-refractivity contribution in [3.05, 3.63) is 47.8 Å². The number of amides is 1. The minimum absolute atomic E-state index is 0.0682. The Hall–Kier alpha value is -2.30. The number of anilines is 1. The second-order valence-corrected chi connectivity index (χ2v) is 4.85. The molecule has 1 heterocycles. The summed E-state index contributed by atoms with van der Waals surface area (Å²) in [5.74, 6) is -0.0682. The molecule has 0 radical (unpaired) electrons. The number of aromatic nitrogens is 2. The number of hydrogen-bond acceptors (Lipinski definition) is 3. The number of nitrogens with one attached hydrogen (secondary N) is 1. The Morgan fingerprint density at radius 1 is 1.37 bits per heavy atom. The maximum absolute atomic E-state index is 12.5. The number of carbonyl (C=O) groups excluding carboxylic acids is 1. The van der Waals surface area contributed by atoms with Crippen LogP contribution in [0.4, 0.5) is 5.69 Å². The number of nitrogens with zero attached hydrogens (tertiary/aromatic N) is 2. The predicted octanol–water partition coefficient (Wildman–Crippen LogP) is 1.80. The Balaban J connectivity index is 1.82. The number of nitrogen functional groups attached to an aromatic ring is 1. The van der Waals surface area contributed by atoms with Gasteiger partial charge in [0.1, 0.15) is 5.69 Å². The van der Waals surface area contributed by atoms with Crippen molar-refractivity contribution in [1.29, 1.82) is 0 Å². The van der Waals surface area contributed by atoms with Gasteiger partial charge in [0, 0.05) is 12.6 Å². The lowest BCUT2D eigenvalue weighted by atomic mass is 10.2. The van der Waals surface area contributed by atoms with Gasteiger partial charge in [-0.2, -0.15) is 5.10 Å². The number of H-pyrrole nitrogens is 1. The van der Waals surface area contributed by atoms with Gasteiger partial charge in [-0.3, -0.25) is 9.89 Å². The molecule has 2 aromatic rings. The van der Waals surface area contributed by atoms with Gasteiger partial charge in [0.05, 0.1) is 11.9 Å². The van der Waals surface area contributed by atoms with Crippen molar-refractivity contribution in [2.24, 2.45) is 0 Å². The van der Waals surface area contributed by atoms with E-state index in [2.05, 4.69) is 10.2 Å². The third kappa shape index (κ3) is 2.45. The smallest absolute Gasteiger partial charge is 0.274 e. The van der Waals surface area contributed by atoms with Gasteiger partial charge >= 0.3 is 0 Å². The summed E-state index contributed by atoms with van der Waals surface area (Å²) in [6.45, 7) is 0.614. The number of nitrogens with two attached hydrogens (primary N) is 1. The van der Waals surface area contributed by atoms with E-state index in [-0.39, 0.29) is 5.91 Å². The van der Waals surface area contributed by atoms with E-state index >= 15 is 0 Å². The van der Waals surface area contributed by atoms with Crippen molar-refractivity contribution in [2.75, 3.05) is 5.73 Å². The molecule has 0 saturated heterocycles. The lowest BCUT2D eigenvalue weighted by Gasteiger charge is -2.22. The Morgan fingerprint density at radius 3 is 2.68 bits per heavy atom. The second-order valence-electron chi connectivity index (χ2n) is 4.85. The summed E-state index contributed by atoms with van der Waals surface area (Å²) >= 11 is 0. The molecule has 1 aromatic carbocycles. The lowest BCUT2D eigenvalue weighted by molar-refractivity contribution is 0.0725. The summed E-state index contributed by atoms with van der Waals surface area (Å²) in [6, 6.07) is 10.3. The maximum atomic E-state index is 12.5. The van der Waals surface area contributed by atoms with Crippen LogP contribution in [0.25, 0.3) is 0 Å². The third-order valence-corrected chi connectivity index (χ3v) is 3.33. The first-order valence-corrected chi connectivity index (χ1v) is 6.39. The molecular formula is C14H16N4O. The van der Waals surface area contributed by atoms with Gasteiger partial charge in [-0.15, -0.1) is 0 Å². The van der Waals surface area contributed by atoms with Gasteiger partial charge in [0.25, 0.3) is 5.91 Å². The van der Waals surface area contributed by atoms with Gasteiger partial charge in [0.2, 0.25) is 0 Å². The topological polar surface area (TPSA) is 75.0 Å². The molecule has 5 heteroatoms. The molecule has 0 bridgehead atoms. The van der Waals surface area contributed by atoms with Crippen molar-refractivity contribution in [3.8, 4) is 0 Å². The predicted molar refractivity (Wildman–Crippen MR) is 72.3 cm³/mol. The highest BCUT2D eigenvalue weighted by Gasteiger charge is 2.34. The van der Waals surface area contributed by atoms with Crippen LogP contribution in [-0.4, -0.2) is 27.0 Å². The summed E-state index contributed by atoms with van der Waals surface area (Å²) in [4.78, 5) is 14.4. The molecule has 0 atom stereocenters. The fraction of sp³-hybridized carbons (Fsp3) is 0.286. The molecule has 1 fully saturated rings. The molecule has 1 saturated carbocycles. The molecule has 98 valence electrons. The van der Waals surface area contributed by atoms with Crippen LogP contribution in [0.2, 0.25) is 0 Å². The quantitative estimate of drug-likeness (QED) is 0.875. The van der Waals surface area contributed by atoms with Crippen LogP contribution in [0, 0.1) is 0 Å². The van der Waals surface area contributed by atoms with Gasteiger partial charge < -0.3 is 10.6 Å². The van der Waals surface area contributed by atoms with Crippen LogP contribution in [0.15, 0.2) is 36.5 Å². The third-order valence-electron chi connectivity index (χ3n) is 3.33. The standard InChI is InChI=1S/C14H16N4O/c15-12-8-16-17-13(12)14(19)18(11-6-7-11)9-10-4-2-1-3-5-10/h1-5,8,11H,6-7,9,15H2,(H,16,17). The molecule has 1 aromatic heterocycles. The SMILES string of the molecule is Nc1cn[nH]c1C(=O)N(Cc1ccccc1)C1CC1. The second kappa shape index (κ2) is 4.76. The normalized spacial score (nSPS) is 14.3. The summed E-state index contributed by atoms with van der Waals surface area (Å²) in [5, 5.41) is 6.50. The van der Waals surface area contributed by atoms with Gasteiger partial charge in [-0.25, -0.2) is 0 Å².